The molecule has 2 aliphatic rings. The highest BCUT2D eigenvalue weighted by molar-refractivity contribution is 5.95. The summed E-state index contributed by atoms with van der Waals surface area (Å²) in [5.74, 6) is -0.589. The number of rotatable bonds is 3. The lowest BCUT2D eigenvalue weighted by molar-refractivity contribution is -0.137. The number of hydrogen-bond donors (Lipinski definition) is 1. The number of alkyl halides is 3. The van der Waals surface area contributed by atoms with Crippen molar-refractivity contribution in [3.63, 3.8) is 0 Å². The lowest BCUT2D eigenvalue weighted by atomic mass is 10.1. The first-order valence-electron chi connectivity index (χ1n) is 9.73. The number of halogens is 3. The van der Waals surface area contributed by atoms with Crippen molar-refractivity contribution in [2.45, 2.75) is 24.7 Å². The van der Waals surface area contributed by atoms with Gasteiger partial charge in [0.1, 0.15) is 0 Å². The Morgan fingerprint density at radius 1 is 1.07 bits per heavy atom. The van der Waals surface area contributed by atoms with Gasteiger partial charge in [-0.05, 0) is 36.8 Å². The molecule has 3 heterocycles. The average molecular weight is 418 g/mol. The maximum absolute atomic E-state index is 12.9. The standard InChI is InChI=1S/C21H21F3N4O2/c22-21(23,24)16-5-1-3-14(9-16)19(29)26-17-10-18-13-28(8-7-27(18)12-17)20(30)15-4-2-6-25-11-15/h1-6,9,11,17-18H,7-8,10,12-13H2,(H,26,29)/t17-,18-/m0/s1. The molecule has 0 radical (unpaired) electrons. The predicted octanol–water partition coefficient (Wildman–Crippen LogP) is 2.43. The summed E-state index contributed by atoms with van der Waals surface area (Å²) in [6.45, 7) is 2.43. The smallest absolute Gasteiger partial charge is 0.348 e. The van der Waals surface area contributed by atoms with Crippen molar-refractivity contribution in [2.75, 3.05) is 26.2 Å². The topological polar surface area (TPSA) is 65.5 Å². The van der Waals surface area contributed by atoms with Crippen LogP contribution in [0.15, 0.2) is 48.8 Å². The third-order valence-corrected chi connectivity index (χ3v) is 5.60. The quantitative estimate of drug-likeness (QED) is 0.832. The van der Waals surface area contributed by atoms with Crippen LogP contribution in [-0.2, 0) is 6.18 Å². The summed E-state index contributed by atoms with van der Waals surface area (Å²) in [4.78, 5) is 33.1. The van der Waals surface area contributed by atoms with E-state index in [0.717, 1.165) is 12.1 Å². The highest BCUT2D eigenvalue weighted by Gasteiger charge is 2.38. The second-order valence-electron chi connectivity index (χ2n) is 7.63. The molecule has 0 aliphatic carbocycles. The molecular formula is C21H21F3N4O2. The molecule has 2 fully saturated rings. The van der Waals surface area contributed by atoms with Gasteiger partial charge in [0.2, 0.25) is 0 Å². The van der Waals surface area contributed by atoms with Crippen molar-refractivity contribution < 1.29 is 22.8 Å². The first-order chi connectivity index (χ1) is 14.3. The van der Waals surface area contributed by atoms with Crippen LogP contribution in [0.1, 0.15) is 32.7 Å². The van der Waals surface area contributed by atoms with E-state index >= 15 is 0 Å². The highest BCUT2D eigenvalue weighted by atomic mass is 19.4. The molecule has 2 saturated heterocycles. The SMILES string of the molecule is O=C(N[C@H]1C[C@H]2CN(C(=O)c3cccnc3)CCN2C1)c1cccc(C(F)(F)F)c1. The van der Waals surface area contributed by atoms with Gasteiger partial charge in [-0.1, -0.05) is 6.07 Å². The monoisotopic (exact) mass is 418 g/mol. The van der Waals surface area contributed by atoms with Gasteiger partial charge >= 0.3 is 6.18 Å². The van der Waals surface area contributed by atoms with E-state index < -0.39 is 17.6 Å². The van der Waals surface area contributed by atoms with E-state index in [4.69, 9.17) is 0 Å². The van der Waals surface area contributed by atoms with Crippen LogP contribution in [0.4, 0.5) is 13.2 Å². The summed E-state index contributed by atoms with van der Waals surface area (Å²) in [5.41, 5.74) is -0.315. The Hall–Kier alpha value is -2.94. The average Bonchev–Trinajstić information content (AvgIpc) is 3.14. The van der Waals surface area contributed by atoms with Gasteiger partial charge in [0.15, 0.2) is 0 Å². The van der Waals surface area contributed by atoms with Crippen LogP contribution in [0.2, 0.25) is 0 Å². The number of fused-ring (bicyclic) bond motifs is 1. The predicted molar refractivity (Wildman–Crippen MR) is 103 cm³/mol. The fraction of sp³-hybridized carbons (Fsp3) is 0.381. The molecule has 30 heavy (non-hydrogen) atoms. The molecule has 2 aliphatic heterocycles. The minimum Gasteiger partial charge on any atom is -0.348 e. The molecule has 9 heteroatoms. The normalized spacial score (nSPS) is 21.9. The van der Waals surface area contributed by atoms with Crippen molar-refractivity contribution in [2.24, 2.45) is 0 Å². The molecule has 4 rings (SSSR count). The second kappa shape index (κ2) is 8.06. The Balaban J connectivity index is 1.37. The Kier molecular flexibility index (Phi) is 5.46. The molecule has 2 atom stereocenters. The van der Waals surface area contributed by atoms with Crippen LogP contribution in [-0.4, -0.2) is 64.9 Å². The number of carbonyl (C=O) groups excluding carboxylic acids is 2. The van der Waals surface area contributed by atoms with Crippen LogP contribution >= 0.6 is 0 Å². The van der Waals surface area contributed by atoms with Crippen molar-refractivity contribution in [3.8, 4) is 0 Å². The van der Waals surface area contributed by atoms with Crippen molar-refractivity contribution in [1.82, 2.24) is 20.1 Å². The maximum Gasteiger partial charge on any atom is 0.416 e. The molecule has 158 valence electrons. The lowest BCUT2D eigenvalue weighted by Crippen LogP contribution is -2.52. The summed E-state index contributed by atoms with van der Waals surface area (Å²) >= 11 is 0. The molecule has 0 saturated carbocycles. The van der Waals surface area contributed by atoms with Gasteiger partial charge in [-0.3, -0.25) is 19.5 Å². The van der Waals surface area contributed by atoms with Gasteiger partial charge in [-0.15, -0.1) is 0 Å². The molecule has 0 unspecified atom stereocenters. The van der Waals surface area contributed by atoms with Crippen LogP contribution < -0.4 is 5.32 Å². The van der Waals surface area contributed by atoms with E-state index in [1.54, 1.807) is 29.4 Å². The van der Waals surface area contributed by atoms with E-state index in [-0.39, 0.29) is 23.6 Å². The van der Waals surface area contributed by atoms with Gasteiger partial charge in [-0.25, -0.2) is 0 Å². The van der Waals surface area contributed by atoms with E-state index in [2.05, 4.69) is 15.2 Å². The van der Waals surface area contributed by atoms with Crippen LogP contribution in [0.25, 0.3) is 0 Å². The second-order valence-corrected chi connectivity index (χ2v) is 7.63. The molecular weight excluding hydrogens is 397 g/mol. The summed E-state index contributed by atoms with van der Waals surface area (Å²) in [6.07, 6.45) is -0.694. The zero-order chi connectivity index (χ0) is 21.3. The minimum absolute atomic E-state index is 0.0110. The third-order valence-electron chi connectivity index (χ3n) is 5.60. The number of nitrogens with one attached hydrogen (secondary N) is 1. The van der Waals surface area contributed by atoms with Gasteiger partial charge in [-0.2, -0.15) is 13.2 Å². The summed E-state index contributed by atoms with van der Waals surface area (Å²) < 4.78 is 38.7. The zero-order valence-electron chi connectivity index (χ0n) is 16.1. The Bertz CT molecular complexity index is 935. The van der Waals surface area contributed by atoms with Gasteiger partial charge < -0.3 is 10.2 Å². The van der Waals surface area contributed by atoms with E-state index in [1.807, 2.05) is 0 Å². The van der Waals surface area contributed by atoms with Crippen LogP contribution in [0.3, 0.4) is 0 Å². The molecule has 2 amide bonds. The lowest BCUT2D eigenvalue weighted by Gasteiger charge is -2.37. The number of benzene rings is 1. The molecule has 1 aromatic heterocycles. The number of amides is 2. The molecule has 2 aromatic rings. The zero-order valence-corrected chi connectivity index (χ0v) is 16.1. The fourth-order valence-electron chi connectivity index (χ4n) is 4.11. The molecule has 1 aromatic carbocycles. The van der Waals surface area contributed by atoms with Gasteiger partial charge in [0.05, 0.1) is 11.1 Å². The molecule has 0 spiro atoms. The first-order valence-corrected chi connectivity index (χ1v) is 9.73. The van der Waals surface area contributed by atoms with Gasteiger partial charge in [0, 0.05) is 56.2 Å². The molecule has 1 N–H and O–H groups in total. The Labute approximate surface area is 171 Å². The fourth-order valence-corrected chi connectivity index (χ4v) is 4.11. The number of aromatic nitrogens is 1. The Morgan fingerprint density at radius 2 is 1.87 bits per heavy atom. The Morgan fingerprint density at radius 3 is 2.60 bits per heavy atom. The molecule has 6 nitrogen and oxygen atoms in total. The van der Waals surface area contributed by atoms with Crippen molar-refractivity contribution >= 4 is 11.8 Å². The first kappa shape index (κ1) is 20.3. The maximum atomic E-state index is 12.9. The van der Waals surface area contributed by atoms with Crippen molar-refractivity contribution in [1.29, 1.82) is 0 Å². The largest absolute Gasteiger partial charge is 0.416 e. The van der Waals surface area contributed by atoms with Gasteiger partial charge in [0.25, 0.3) is 11.8 Å². The van der Waals surface area contributed by atoms with E-state index in [1.165, 1.54) is 12.1 Å². The highest BCUT2D eigenvalue weighted by Crippen LogP contribution is 2.30. The number of piperazine rings is 1. The van der Waals surface area contributed by atoms with Crippen molar-refractivity contribution in [3.05, 3.63) is 65.5 Å². The summed E-state index contributed by atoms with van der Waals surface area (Å²) in [7, 11) is 0. The summed E-state index contributed by atoms with van der Waals surface area (Å²) in [6, 6.07) is 7.80. The number of carbonyl (C=O) groups is 2. The third kappa shape index (κ3) is 4.30. The van der Waals surface area contributed by atoms with E-state index in [0.29, 0.717) is 38.2 Å². The van der Waals surface area contributed by atoms with Crippen LogP contribution in [0.5, 0.6) is 0 Å². The number of nitrogens with zero attached hydrogens (tertiary/aromatic N) is 3. The molecule has 0 bridgehead atoms. The summed E-state index contributed by atoms with van der Waals surface area (Å²) in [5, 5.41) is 2.84. The van der Waals surface area contributed by atoms with Crippen LogP contribution in [0, 0.1) is 0 Å². The number of pyridine rings is 1. The van der Waals surface area contributed by atoms with E-state index in [9.17, 15) is 22.8 Å². The minimum atomic E-state index is -4.49. The number of hydrogen-bond acceptors (Lipinski definition) is 4.